The maximum Gasteiger partial charge on any atom is 0.337 e. The number of aliphatic hydroxyl groups excluding tert-OH is 1. The van der Waals surface area contributed by atoms with E-state index in [0.717, 1.165) is 5.56 Å². The SMILES string of the molecule is CCOc1cc([C@@H]2NC(=O)NC(C)=C2C(=O)OC)ccc1OC[C@H](O)N/N=C/c1ccc(-c2ccc(C(=O)OC)cc2)o1. The zero-order valence-corrected chi connectivity index (χ0v) is 24.0. The van der Waals surface area contributed by atoms with Crippen LogP contribution in [0.3, 0.4) is 0 Å². The van der Waals surface area contributed by atoms with Crippen molar-refractivity contribution in [3.05, 3.63) is 82.8 Å². The number of carbonyl (C=O) groups excluding carboxylic acids is 3. The van der Waals surface area contributed by atoms with Gasteiger partial charge in [0.25, 0.3) is 0 Å². The lowest BCUT2D eigenvalue weighted by atomic mass is 9.95. The Morgan fingerprint density at radius 1 is 1.05 bits per heavy atom. The summed E-state index contributed by atoms with van der Waals surface area (Å²) in [6.07, 6.45) is 0.225. The normalized spacial score (nSPS) is 15.4. The molecule has 13 heteroatoms. The summed E-state index contributed by atoms with van der Waals surface area (Å²) in [5.41, 5.74) is 4.97. The van der Waals surface area contributed by atoms with Crippen LogP contribution in [0.1, 0.15) is 41.6 Å². The number of methoxy groups -OCH3 is 2. The Morgan fingerprint density at radius 2 is 1.79 bits per heavy atom. The maximum absolute atomic E-state index is 12.4. The molecule has 2 heterocycles. The number of urea groups is 1. The van der Waals surface area contributed by atoms with E-state index in [2.05, 4.69) is 21.2 Å². The van der Waals surface area contributed by atoms with Crippen molar-refractivity contribution in [2.75, 3.05) is 27.4 Å². The number of hydrogen-bond acceptors (Lipinski definition) is 11. The van der Waals surface area contributed by atoms with Crippen LogP contribution < -0.4 is 25.5 Å². The van der Waals surface area contributed by atoms with Crippen molar-refractivity contribution in [2.45, 2.75) is 26.1 Å². The molecule has 43 heavy (non-hydrogen) atoms. The topological polar surface area (TPSA) is 170 Å². The fourth-order valence-electron chi connectivity index (χ4n) is 4.27. The Balaban J connectivity index is 1.37. The van der Waals surface area contributed by atoms with E-state index in [4.69, 9.17) is 23.4 Å². The zero-order valence-electron chi connectivity index (χ0n) is 24.0. The summed E-state index contributed by atoms with van der Waals surface area (Å²) in [7, 11) is 2.59. The zero-order chi connectivity index (χ0) is 30.9. The van der Waals surface area contributed by atoms with E-state index in [9.17, 15) is 19.5 Å². The second-order valence-electron chi connectivity index (χ2n) is 9.19. The fourth-order valence-corrected chi connectivity index (χ4v) is 4.27. The van der Waals surface area contributed by atoms with Gasteiger partial charge in [-0.1, -0.05) is 18.2 Å². The van der Waals surface area contributed by atoms with E-state index in [0.29, 0.717) is 46.5 Å². The predicted octanol–water partition coefficient (Wildman–Crippen LogP) is 3.25. The lowest BCUT2D eigenvalue weighted by Crippen LogP contribution is -2.45. The van der Waals surface area contributed by atoms with E-state index in [-0.39, 0.29) is 12.2 Å². The summed E-state index contributed by atoms with van der Waals surface area (Å²) in [4.78, 5) is 36.1. The smallest absolute Gasteiger partial charge is 0.337 e. The van der Waals surface area contributed by atoms with Gasteiger partial charge in [-0.05, 0) is 55.8 Å². The van der Waals surface area contributed by atoms with E-state index in [1.165, 1.54) is 20.4 Å². The summed E-state index contributed by atoms with van der Waals surface area (Å²) in [6.45, 7) is 3.56. The lowest BCUT2D eigenvalue weighted by Gasteiger charge is -2.28. The van der Waals surface area contributed by atoms with Gasteiger partial charge in [0.05, 0.1) is 44.2 Å². The molecule has 0 spiro atoms. The van der Waals surface area contributed by atoms with Crippen molar-refractivity contribution in [1.82, 2.24) is 16.1 Å². The first kappa shape index (κ1) is 30.7. The highest BCUT2D eigenvalue weighted by molar-refractivity contribution is 5.95. The van der Waals surface area contributed by atoms with Crippen molar-refractivity contribution in [3.63, 3.8) is 0 Å². The first-order valence-corrected chi connectivity index (χ1v) is 13.2. The van der Waals surface area contributed by atoms with Crippen molar-refractivity contribution in [1.29, 1.82) is 0 Å². The number of allylic oxidation sites excluding steroid dienone is 1. The van der Waals surface area contributed by atoms with Gasteiger partial charge in [0.15, 0.2) is 17.7 Å². The van der Waals surface area contributed by atoms with Gasteiger partial charge in [0.1, 0.15) is 18.1 Å². The minimum atomic E-state index is -1.18. The van der Waals surface area contributed by atoms with Crippen molar-refractivity contribution in [3.8, 4) is 22.8 Å². The first-order valence-electron chi connectivity index (χ1n) is 13.2. The molecule has 0 saturated heterocycles. The Bertz CT molecular complexity index is 1530. The molecule has 0 bridgehead atoms. The molecule has 3 aromatic rings. The van der Waals surface area contributed by atoms with Gasteiger partial charge in [-0.25, -0.2) is 14.4 Å². The number of hydrazone groups is 1. The third-order valence-corrected chi connectivity index (χ3v) is 6.30. The number of amides is 2. The molecule has 1 aromatic heterocycles. The van der Waals surface area contributed by atoms with Crippen LogP contribution in [0.5, 0.6) is 11.5 Å². The highest BCUT2D eigenvalue weighted by Gasteiger charge is 2.32. The minimum absolute atomic E-state index is 0.177. The summed E-state index contributed by atoms with van der Waals surface area (Å²) >= 11 is 0. The van der Waals surface area contributed by atoms with Crippen LogP contribution in [0, 0.1) is 0 Å². The van der Waals surface area contributed by atoms with E-state index >= 15 is 0 Å². The molecule has 226 valence electrons. The lowest BCUT2D eigenvalue weighted by molar-refractivity contribution is -0.136. The molecule has 2 atom stereocenters. The van der Waals surface area contributed by atoms with Gasteiger partial charge in [-0.2, -0.15) is 5.10 Å². The number of benzene rings is 2. The predicted molar refractivity (Wildman–Crippen MR) is 154 cm³/mol. The van der Waals surface area contributed by atoms with E-state index in [1.54, 1.807) is 68.4 Å². The van der Waals surface area contributed by atoms with Crippen molar-refractivity contribution in [2.24, 2.45) is 5.10 Å². The third-order valence-electron chi connectivity index (χ3n) is 6.30. The molecule has 13 nitrogen and oxygen atoms in total. The molecule has 4 rings (SSSR count). The van der Waals surface area contributed by atoms with Gasteiger partial charge in [0, 0.05) is 11.3 Å². The molecule has 0 fully saturated rings. The Labute approximate surface area is 247 Å². The highest BCUT2D eigenvalue weighted by Crippen LogP contribution is 2.35. The summed E-state index contributed by atoms with van der Waals surface area (Å²) in [5.74, 6) is 0.693. The monoisotopic (exact) mass is 592 g/mol. The Kier molecular flexibility index (Phi) is 10.0. The molecule has 4 N–H and O–H groups in total. The van der Waals surface area contributed by atoms with Crippen molar-refractivity contribution < 1.29 is 42.9 Å². The summed E-state index contributed by atoms with van der Waals surface area (Å²) in [6, 6.07) is 14.0. The molecule has 0 aliphatic carbocycles. The number of nitrogens with one attached hydrogen (secondary N) is 3. The van der Waals surface area contributed by atoms with E-state index in [1.807, 2.05) is 0 Å². The number of ether oxygens (including phenoxy) is 4. The summed E-state index contributed by atoms with van der Waals surface area (Å²) in [5, 5.41) is 19.7. The number of carbonyl (C=O) groups is 3. The molecule has 1 aliphatic rings. The van der Waals surface area contributed by atoms with Gasteiger partial charge in [-0.3, -0.25) is 5.43 Å². The number of furan rings is 1. The largest absolute Gasteiger partial charge is 0.490 e. The molecule has 2 aromatic carbocycles. The second kappa shape index (κ2) is 14.0. The third kappa shape index (κ3) is 7.51. The van der Waals surface area contributed by atoms with Crippen LogP contribution in [0.15, 0.2) is 75.4 Å². The van der Waals surface area contributed by atoms with Gasteiger partial charge in [-0.15, -0.1) is 0 Å². The van der Waals surface area contributed by atoms with E-state index < -0.39 is 30.2 Å². The highest BCUT2D eigenvalue weighted by atomic mass is 16.5. The van der Waals surface area contributed by atoms with Crippen LogP contribution >= 0.6 is 0 Å². The molecule has 0 radical (unpaired) electrons. The molecule has 0 unspecified atom stereocenters. The Morgan fingerprint density at radius 3 is 2.49 bits per heavy atom. The minimum Gasteiger partial charge on any atom is -0.490 e. The average molecular weight is 593 g/mol. The van der Waals surface area contributed by atoms with Gasteiger partial charge in [0.2, 0.25) is 0 Å². The fraction of sp³-hybridized carbons (Fsp3) is 0.267. The second-order valence-corrected chi connectivity index (χ2v) is 9.19. The van der Waals surface area contributed by atoms with Crippen LogP contribution in [-0.2, 0) is 14.3 Å². The van der Waals surface area contributed by atoms with Crippen LogP contribution in [0.2, 0.25) is 0 Å². The van der Waals surface area contributed by atoms with Gasteiger partial charge >= 0.3 is 18.0 Å². The van der Waals surface area contributed by atoms with Crippen LogP contribution in [-0.4, -0.2) is 63.0 Å². The van der Waals surface area contributed by atoms with Crippen molar-refractivity contribution >= 4 is 24.2 Å². The van der Waals surface area contributed by atoms with Crippen LogP contribution in [0.25, 0.3) is 11.3 Å². The van der Waals surface area contributed by atoms with Gasteiger partial charge < -0.3 is 39.1 Å². The maximum atomic E-state index is 12.4. The number of esters is 2. The number of nitrogens with zero attached hydrogens (tertiary/aromatic N) is 1. The molecular formula is C30H32N4O9. The quantitative estimate of drug-likeness (QED) is 0.106. The average Bonchev–Trinajstić information content (AvgIpc) is 3.48. The number of hydrogen-bond donors (Lipinski definition) is 4. The Hall–Kier alpha value is -5.30. The molecule has 0 saturated carbocycles. The summed E-state index contributed by atoms with van der Waals surface area (Å²) < 4.78 is 26.8. The molecule has 2 amide bonds. The molecular weight excluding hydrogens is 560 g/mol. The number of rotatable bonds is 12. The molecule has 1 aliphatic heterocycles. The number of aliphatic hydroxyl groups is 1. The first-order chi connectivity index (χ1) is 20.7. The standard InChI is InChI=1S/C30H32N4O9/c1-5-41-24-14-20(27-26(29(37)40-4)17(2)32-30(38)33-27)10-12-23(24)42-16-25(35)34-31-15-21-11-13-22(43-21)18-6-8-19(9-7-18)28(36)39-3/h6-15,25,27,34-35H,5,16H2,1-4H3,(H2,32,33,38)/b31-15+/t25-,27-/m0/s1. The van der Waals surface area contributed by atoms with Crippen LogP contribution in [0.4, 0.5) is 4.79 Å².